The maximum atomic E-state index is 4.48. The van der Waals surface area contributed by atoms with Crippen LogP contribution in [0.25, 0.3) is 0 Å². The molecule has 1 unspecified atom stereocenters. The van der Waals surface area contributed by atoms with E-state index >= 15 is 0 Å². The van der Waals surface area contributed by atoms with E-state index in [0.29, 0.717) is 0 Å². The van der Waals surface area contributed by atoms with Crippen LogP contribution >= 0.6 is 22.6 Å². The molecule has 1 aromatic carbocycles. The Hall–Kier alpha value is -0.880. The normalized spacial score (nSPS) is 12.7. The van der Waals surface area contributed by atoms with Crippen LogP contribution in [0, 0.1) is 10.5 Å². The molecule has 1 N–H and O–H groups in total. The van der Waals surface area contributed by atoms with Crippen LogP contribution in [0.15, 0.2) is 30.6 Å². The number of halogens is 1. The molecule has 0 bridgehead atoms. The van der Waals surface area contributed by atoms with Crippen molar-refractivity contribution in [2.24, 2.45) is 7.05 Å². The second-order valence-corrected chi connectivity index (χ2v) is 5.44. The molecule has 0 saturated heterocycles. The van der Waals surface area contributed by atoms with E-state index in [4.69, 9.17) is 0 Å². The molecule has 3 nitrogen and oxygen atoms in total. The lowest BCUT2D eigenvalue weighted by atomic mass is 10.0. The molecule has 2 aromatic rings. The first kappa shape index (κ1) is 13.5. The number of hydrogen-bond acceptors (Lipinski definition) is 2. The molecule has 0 radical (unpaired) electrons. The molecule has 1 aromatic heterocycles. The summed E-state index contributed by atoms with van der Waals surface area (Å²) in [6, 6.07) is 6.59. The van der Waals surface area contributed by atoms with E-state index in [1.165, 1.54) is 14.7 Å². The van der Waals surface area contributed by atoms with Crippen molar-refractivity contribution in [3.8, 4) is 0 Å². The van der Waals surface area contributed by atoms with E-state index in [-0.39, 0.29) is 6.04 Å². The number of aromatic nitrogens is 2. The molecule has 0 fully saturated rings. The van der Waals surface area contributed by atoms with Crippen LogP contribution in [0.2, 0.25) is 0 Å². The summed E-state index contributed by atoms with van der Waals surface area (Å²) in [7, 11) is 2.04. The zero-order valence-electron chi connectivity index (χ0n) is 10.9. The number of rotatable bonds is 4. The predicted octanol–water partition coefficient (Wildman–Crippen LogP) is 3.03. The third-order valence-corrected chi connectivity index (χ3v) is 4.53. The fourth-order valence-corrected chi connectivity index (χ4v) is 2.76. The summed E-state index contributed by atoms with van der Waals surface area (Å²) >= 11 is 2.42. The average molecular weight is 355 g/mol. The molecule has 1 atom stereocenters. The molecule has 0 amide bonds. The standard InChI is InChI=1S/C14H18IN3/c1-4-16-13(14-17-8-9-18(14)3)11-7-5-6-10(2)12(11)15/h5-9,13,16H,4H2,1-3H3. The van der Waals surface area contributed by atoms with Crippen molar-refractivity contribution < 1.29 is 0 Å². The van der Waals surface area contributed by atoms with Gasteiger partial charge in [-0.05, 0) is 47.2 Å². The third kappa shape index (κ3) is 2.59. The minimum absolute atomic E-state index is 0.154. The zero-order valence-corrected chi connectivity index (χ0v) is 13.1. The Labute approximate surface area is 122 Å². The molecule has 0 aliphatic rings. The molecule has 2 rings (SSSR count). The molecule has 0 aliphatic heterocycles. The van der Waals surface area contributed by atoms with Gasteiger partial charge in [0.1, 0.15) is 5.82 Å². The Morgan fingerprint density at radius 3 is 2.83 bits per heavy atom. The Morgan fingerprint density at radius 1 is 1.44 bits per heavy atom. The molecule has 0 saturated carbocycles. The Balaban J connectivity index is 2.48. The number of nitrogens with one attached hydrogen (secondary N) is 1. The highest BCUT2D eigenvalue weighted by atomic mass is 127. The lowest BCUT2D eigenvalue weighted by molar-refractivity contribution is 0.575. The van der Waals surface area contributed by atoms with Gasteiger partial charge in [0.15, 0.2) is 0 Å². The summed E-state index contributed by atoms with van der Waals surface area (Å²) in [4.78, 5) is 4.48. The van der Waals surface area contributed by atoms with Crippen molar-refractivity contribution in [2.45, 2.75) is 19.9 Å². The van der Waals surface area contributed by atoms with Gasteiger partial charge in [0.25, 0.3) is 0 Å². The van der Waals surface area contributed by atoms with Crippen LogP contribution in [-0.4, -0.2) is 16.1 Å². The Morgan fingerprint density at radius 2 is 2.22 bits per heavy atom. The van der Waals surface area contributed by atoms with Crippen molar-refractivity contribution in [3.05, 3.63) is 51.1 Å². The van der Waals surface area contributed by atoms with Crippen LogP contribution in [0.5, 0.6) is 0 Å². The Bertz CT molecular complexity index is 534. The largest absolute Gasteiger partial charge is 0.336 e. The fraction of sp³-hybridized carbons (Fsp3) is 0.357. The Kier molecular flexibility index (Phi) is 4.40. The summed E-state index contributed by atoms with van der Waals surface area (Å²) in [6.45, 7) is 5.19. The zero-order chi connectivity index (χ0) is 13.1. The molecule has 0 aliphatic carbocycles. The monoisotopic (exact) mass is 355 g/mol. The number of benzene rings is 1. The van der Waals surface area contributed by atoms with E-state index in [9.17, 15) is 0 Å². The number of hydrogen-bond donors (Lipinski definition) is 1. The number of nitrogens with zero attached hydrogens (tertiary/aromatic N) is 2. The maximum absolute atomic E-state index is 4.48. The molecular weight excluding hydrogens is 337 g/mol. The molecule has 18 heavy (non-hydrogen) atoms. The van der Waals surface area contributed by atoms with Crippen LogP contribution in [0.1, 0.15) is 29.9 Å². The summed E-state index contributed by atoms with van der Waals surface area (Å²) < 4.78 is 3.38. The molecular formula is C14H18IN3. The first-order valence-corrected chi connectivity index (χ1v) is 7.18. The summed E-state index contributed by atoms with van der Waals surface area (Å²) in [6.07, 6.45) is 3.84. The average Bonchev–Trinajstić information content (AvgIpc) is 2.76. The SMILES string of the molecule is CCNC(c1cccc(C)c1I)c1nccn1C. The summed E-state index contributed by atoms with van der Waals surface area (Å²) in [5.41, 5.74) is 2.61. The fourth-order valence-electron chi connectivity index (χ4n) is 2.09. The number of imidazole rings is 1. The molecule has 0 spiro atoms. The third-order valence-electron chi connectivity index (χ3n) is 3.06. The lowest BCUT2D eigenvalue weighted by Gasteiger charge is -2.20. The predicted molar refractivity (Wildman–Crippen MR) is 82.6 cm³/mol. The smallest absolute Gasteiger partial charge is 0.130 e. The van der Waals surface area contributed by atoms with Crippen LogP contribution in [0.4, 0.5) is 0 Å². The number of aryl methyl sites for hydroxylation is 2. The van der Waals surface area contributed by atoms with Gasteiger partial charge < -0.3 is 9.88 Å². The molecule has 96 valence electrons. The van der Waals surface area contributed by atoms with Gasteiger partial charge in [-0.3, -0.25) is 0 Å². The quantitative estimate of drug-likeness (QED) is 0.855. The van der Waals surface area contributed by atoms with Gasteiger partial charge in [-0.1, -0.05) is 25.1 Å². The summed E-state index contributed by atoms with van der Waals surface area (Å²) in [5, 5.41) is 3.52. The van der Waals surface area contributed by atoms with E-state index in [2.05, 4.69) is 69.5 Å². The van der Waals surface area contributed by atoms with Crippen molar-refractivity contribution in [2.75, 3.05) is 6.54 Å². The second kappa shape index (κ2) is 5.84. The topological polar surface area (TPSA) is 29.9 Å². The molecule has 1 heterocycles. The van der Waals surface area contributed by atoms with E-state index < -0.39 is 0 Å². The van der Waals surface area contributed by atoms with Gasteiger partial charge in [0.2, 0.25) is 0 Å². The summed E-state index contributed by atoms with van der Waals surface area (Å²) in [5.74, 6) is 1.06. The van der Waals surface area contributed by atoms with Gasteiger partial charge in [-0.15, -0.1) is 0 Å². The van der Waals surface area contributed by atoms with Crippen molar-refractivity contribution in [1.29, 1.82) is 0 Å². The van der Waals surface area contributed by atoms with E-state index in [1.54, 1.807) is 0 Å². The van der Waals surface area contributed by atoms with Gasteiger partial charge in [0.05, 0.1) is 6.04 Å². The maximum Gasteiger partial charge on any atom is 0.130 e. The minimum atomic E-state index is 0.154. The van der Waals surface area contributed by atoms with E-state index in [0.717, 1.165) is 12.4 Å². The van der Waals surface area contributed by atoms with Crippen molar-refractivity contribution in [1.82, 2.24) is 14.9 Å². The lowest BCUT2D eigenvalue weighted by Crippen LogP contribution is -2.25. The first-order valence-electron chi connectivity index (χ1n) is 6.10. The van der Waals surface area contributed by atoms with Crippen molar-refractivity contribution in [3.63, 3.8) is 0 Å². The highest BCUT2D eigenvalue weighted by molar-refractivity contribution is 14.1. The van der Waals surface area contributed by atoms with Crippen LogP contribution in [0.3, 0.4) is 0 Å². The van der Waals surface area contributed by atoms with Crippen LogP contribution in [-0.2, 0) is 7.05 Å². The minimum Gasteiger partial charge on any atom is -0.336 e. The van der Waals surface area contributed by atoms with Gasteiger partial charge in [-0.25, -0.2) is 4.98 Å². The van der Waals surface area contributed by atoms with Gasteiger partial charge >= 0.3 is 0 Å². The second-order valence-electron chi connectivity index (χ2n) is 4.37. The highest BCUT2D eigenvalue weighted by Crippen LogP contribution is 2.27. The van der Waals surface area contributed by atoms with Gasteiger partial charge in [0, 0.05) is 23.0 Å². The highest BCUT2D eigenvalue weighted by Gasteiger charge is 2.19. The van der Waals surface area contributed by atoms with Crippen LogP contribution < -0.4 is 5.32 Å². The van der Waals surface area contributed by atoms with Crippen molar-refractivity contribution >= 4 is 22.6 Å². The molecule has 4 heteroatoms. The van der Waals surface area contributed by atoms with Gasteiger partial charge in [-0.2, -0.15) is 0 Å². The van der Waals surface area contributed by atoms with E-state index in [1.807, 2.05) is 19.4 Å². The first-order chi connectivity index (χ1) is 8.65.